The highest BCUT2D eigenvalue weighted by Crippen LogP contribution is 2.21. The Labute approximate surface area is 103 Å². The Kier molecular flexibility index (Phi) is 3.53. The van der Waals surface area contributed by atoms with E-state index in [1.54, 1.807) is 30.1 Å². The number of aromatic nitrogens is 2. The Morgan fingerprint density at radius 1 is 1.59 bits per heavy atom. The highest BCUT2D eigenvalue weighted by molar-refractivity contribution is 7.98. The molecule has 2 aromatic heterocycles. The molecule has 0 bridgehead atoms. The van der Waals surface area contributed by atoms with Crippen LogP contribution in [-0.4, -0.2) is 22.6 Å². The minimum Gasteiger partial charge on any atom is -0.463 e. The number of esters is 1. The molecule has 0 amide bonds. The molecule has 2 rings (SSSR count). The van der Waals surface area contributed by atoms with Gasteiger partial charge in [-0.2, -0.15) is 0 Å². The third-order valence-corrected chi connectivity index (χ3v) is 3.25. The maximum atomic E-state index is 11.2. The lowest BCUT2D eigenvalue weighted by Crippen LogP contribution is -1.98. The summed E-state index contributed by atoms with van der Waals surface area (Å²) in [6.45, 7) is 0. The normalized spacial score (nSPS) is 10.5. The molecule has 0 N–H and O–H groups in total. The van der Waals surface area contributed by atoms with E-state index >= 15 is 0 Å². The molecule has 0 spiro atoms. The van der Waals surface area contributed by atoms with Crippen molar-refractivity contribution in [2.24, 2.45) is 7.05 Å². The van der Waals surface area contributed by atoms with E-state index < -0.39 is 5.97 Å². The molecule has 0 unspecified atom stereocenters. The van der Waals surface area contributed by atoms with Crippen LogP contribution in [-0.2, 0) is 17.5 Å². The number of ether oxygens (including phenoxy) is 1. The summed E-state index contributed by atoms with van der Waals surface area (Å²) in [4.78, 5) is 15.4. The van der Waals surface area contributed by atoms with Crippen LogP contribution in [0.5, 0.6) is 0 Å². The number of carbonyl (C=O) groups excluding carboxylic acids is 1. The standard InChI is InChI=1S/C11H12N2O3S/c1-13-6-5-12-11(13)17-7-8-3-4-9(16-8)10(14)15-2/h3-6H,7H2,1-2H3. The lowest BCUT2D eigenvalue weighted by atomic mass is 10.4. The van der Waals surface area contributed by atoms with Crippen molar-refractivity contribution in [3.8, 4) is 0 Å². The van der Waals surface area contributed by atoms with E-state index in [-0.39, 0.29) is 5.76 Å². The van der Waals surface area contributed by atoms with Gasteiger partial charge in [0.25, 0.3) is 0 Å². The van der Waals surface area contributed by atoms with Gasteiger partial charge in [-0.1, -0.05) is 11.8 Å². The maximum Gasteiger partial charge on any atom is 0.373 e. The Balaban J connectivity index is 1.98. The number of carbonyl (C=O) groups is 1. The van der Waals surface area contributed by atoms with Crippen molar-refractivity contribution in [2.75, 3.05) is 7.11 Å². The first-order valence-electron chi connectivity index (χ1n) is 4.98. The van der Waals surface area contributed by atoms with Gasteiger partial charge in [-0.15, -0.1) is 0 Å². The molecule has 0 aliphatic rings. The van der Waals surface area contributed by atoms with Crippen molar-refractivity contribution >= 4 is 17.7 Å². The molecule has 6 heteroatoms. The summed E-state index contributed by atoms with van der Waals surface area (Å²) in [5.74, 6) is 1.11. The molecule has 2 heterocycles. The van der Waals surface area contributed by atoms with Crippen LogP contribution in [0.25, 0.3) is 0 Å². The molecule has 0 saturated carbocycles. The maximum absolute atomic E-state index is 11.2. The molecule has 90 valence electrons. The zero-order chi connectivity index (χ0) is 12.3. The second kappa shape index (κ2) is 5.09. The molecule has 0 aliphatic carbocycles. The second-order valence-corrected chi connectivity index (χ2v) is 4.31. The van der Waals surface area contributed by atoms with Gasteiger partial charge >= 0.3 is 5.97 Å². The van der Waals surface area contributed by atoms with Crippen LogP contribution in [0.2, 0.25) is 0 Å². The van der Waals surface area contributed by atoms with E-state index in [2.05, 4.69) is 9.72 Å². The lowest BCUT2D eigenvalue weighted by molar-refractivity contribution is 0.0563. The third kappa shape index (κ3) is 2.71. The van der Waals surface area contributed by atoms with Crippen LogP contribution in [0.3, 0.4) is 0 Å². The largest absolute Gasteiger partial charge is 0.463 e. The number of furan rings is 1. The molecule has 5 nitrogen and oxygen atoms in total. The van der Waals surface area contributed by atoms with Crippen LogP contribution in [0.1, 0.15) is 16.3 Å². The fourth-order valence-electron chi connectivity index (χ4n) is 1.29. The van der Waals surface area contributed by atoms with Crippen LogP contribution < -0.4 is 0 Å². The summed E-state index contributed by atoms with van der Waals surface area (Å²) in [7, 11) is 3.25. The van der Waals surface area contributed by atoms with E-state index in [1.807, 2.05) is 17.8 Å². The SMILES string of the molecule is COC(=O)c1ccc(CSc2nccn2C)o1. The molecule has 0 radical (unpaired) electrons. The Morgan fingerprint density at radius 2 is 2.41 bits per heavy atom. The summed E-state index contributed by atoms with van der Waals surface area (Å²) < 4.78 is 11.8. The molecule has 0 aliphatic heterocycles. The van der Waals surface area contributed by atoms with Gasteiger partial charge in [0.2, 0.25) is 5.76 Å². The highest BCUT2D eigenvalue weighted by Gasteiger charge is 2.11. The number of nitrogens with zero attached hydrogens (tertiary/aromatic N) is 2. The Morgan fingerprint density at radius 3 is 3.06 bits per heavy atom. The predicted molar refractivity (Wildman–Crippen MR) is 62.8 cm³/mol. The fourth-order valence-corrected chi connectivity index (χ4v) is 2.12. The summed E-state index contributed by atoms with van der Waals surface area (Å²) in [5, 5.41) is 0.904. The van der Waals surface area contributed by atoms with Gasteiger partial charge in [-0.3, -0.25) is 0 Å². The lowest BCUT2D eigenvalue weighted by Gasteiger charge is -1.99. The molecular formula is C11H12N2O3S. The number of hydrogen-bond donors (Lipinski definition) is 0. The first-order chi connectivity index (χ1) is 8.20. The first kappa shape index (κ1) is 11.8. The molecule has 0 fully saturated rings. The molecule has 0 atom stereocenters. The Bertz CT molecular complexity index is 518. The number of aryl methyl sites for hydroxylation is 1. The number of methoxy groups -OCH3 is 1. The smallest absolute Gasteiger partial charge is 0.373 e. The molecule has 0 saturated heterocycles. The minimum atomic E-state index is -0.460. The zero-order valence-electron chi connectivity index (χ0n) is 9.54. The van der Waals surface area contributed by atoms with E-state index in [0.29, 0.717) is 5.75 Å². The van der Waals surface area contributed by atoms with Gasteiger partial charge in [-0.05, 0) is 12.1 Å². The quantitative estimate of drug-likeness (QED) is 0.616. The minimum absolute atomic E-state index is 0.225. The number of imidazole rings is 1. The Hall–Kier alpha value is -1.69. The van der Waals surface area contributed by atoms with Gasteiger partial charge in [-0.25, -0.2) is 9.78 Å². The van der Waals surface area contributed by atoms with Crippen LogP contribution in [0.15, 0.2) is 34.1 Å². The van der Waals surface area contributed by atoms with Crippen molar-refractivity contribution in [1.29, 1.82) is 0 Å². The summed E-state index contributed by atoms with van der Waals surface area (Å²) in [5.41, 5.74) is 0. The number of rotatable bonds is 4. The second-order valence-electron chi connectivity index (χ2n) is 3.37. The van der Waals surface area contributed by atoms with Gasteiger partial charge < -0.3 is 13.7 Å². The van der Waals surface area contributed by atoms with Crippen molar-refractivity contribution in [3.05, 3.63) is 36.0 Å². The summed E-state index contributed by atoms with van der Waals surface area (Å²) in [6, 6.07) is 3.38. The van der Waals surface area contributed by atoms with Crippen molar-refractivity contribution < 1.29 is 13.9 Å². The van der Waals surface area contributed by atoms with Crippen molar-refractivity contribution in [3.63, 3.8) is 0 Å². The van der Waals surface area contributed by atoms with Crippen LogP contribution >= 0.6 is 11.8 Å². The van der Waals surface area contributed by atoms with Gasteiger partial charge in [0.1, 0.15) is 5.76 Å². The van der Waals surface area contributed by atoms with Crippen molar-refractivity contribution in [2.45, 2.75) is 10.9 Å². The predicted octanol–water partition coefficient (Wildman–Crippen LogP) is 2.09. The van der Waals surface area contributed by atoms with Gasteiger partial charge in [0.05, 0.1) is 12.9 Å². The van der Waals surface area contributed by atoms with Crippen LogP contribution in [0, 0.1) is 0 Å². The van der Waals surface area contributed by atoms with E-state index in [0.717, 1.165) is 10.9 Å². The van der Waals surface area contributed by atoms with E-state index in [4.69, 9.17) is 4.42 Å². The molecular weight excluding hydrogens is 240 g/mol. The topological polar surface area (TPSA) is 57.3 Å². The van der Waals surface area contributed by atoms with E-state index in [1.165, 1.54) is 7.11 Å². The van der Waals surface area contributed by atoms with Gasteiger partial charge in [0.15, 0.2) is 5.16 Å². The summed E-state index contributed by atoms with van der Waals surface area (Å²) in [6.07, 6.45) is 3.62. The average Bonchev–Trinajstić information content (AvgIpc) is 2.94. The molecule has 2 aromatic rings. The first-order valence-corrected chi connectivity index (χ1v) is 5.96. The van der Waals surface area contributed by atoms with Crippen LogP contribution in [0.4, 0.5) is 0 Å². The third-order valence-electron chi connectivity index (χ3n) is 2.17. The fraction of sp³-hybridized carbons (Fsp3) is 0.273. The zero-order valence-corrected chi connectivity index (χ0v) is 10.4. The van der Waals surface area contributed by atoms with Crippen molar-refractivity contribution in [1.82, 2.24) is 9.55 Å². The molecule has 0 aromatic carbocycles. The number of thioether (sulfide) groups is 1. The highest BCUT2D eigenvalue weighted by atomic mass is 32.2. The number of hydrogen-bond acceptors (Lipinski definition) is 5. The average molecular weight is 252 g/mol. The van der Waals surface area contributed by atoms with E-state index in [9.17, 15) is 4.79 Å². The van der Waals surface area contributed by atoms with Gasteiger partial charge in [0, 0.05) is 19.4 Å². The monoisotopic (exact) mass is 252 g/mol. The molecule has 17 heavy (non-hydrogen) atoms. The summed E-state index contributed by atoms with van der Waals surface area (Å²) >= 11 is 1.55.